The van der Waals surface area contributed by atoms with Crippen molar-refractivity contribution in [2.24, 2.45) is 7.05 Å². The average Bonchev–Trinajstić information content (AvgIpc) is 2.74. The maximum absolute atomic E-state index is 8.86. The number of nitrogen functional groups attached to an aromatic ring is 1. The fourth-order valence-electron chi connectivity index (χ4n) is 1.56. The number of nitriles is 1. The van der Waals surface area contributed by atoms with Gasteiger partial charge in [-0.3, -0.25) is 4.68 Å². The molecule has 2 aromatic rings. The highest BCUT2D eigenvalue weighted by Gasteiger charge is 2.04. The summed E-state index contributed by atoms with van der Waals surface area (Å²) in [5.74, 6) is 0. The Hall–Kier alpha value is -2.48. The summed E-state index contributed by atoms with van der Waals surface area (Å²) in [5, 5.41) is 16.3. The highest BCUT2D eigenvalue weighted by molar-refractivity contribution is 5.72. The van der Waals surface area contributed by atoms with Crippen LogP contribution in [-0.2, 0) is 13.6 Å². The second-order valence-corrected chi connectivity index (χ2v) is 3.71. The van der Waals surface area contributed by atoms with Crippen LogP contribution in [0.3, 0.4) is 0 Å². The molecule has 2 rings (SSSR count). The van der Waals surface area contributed by atoms with E-state index in [1.807, 2.05) is 25.4 Å². The molecule has 1 aromatic carbocycles. The number of rotatable bonds is 3. The Balaban J connectivity index is 2.12. The van der Waals surface area contributed by atoms with Crippen LogP contribution in [0, 0.1) is 11.3 Å². The van der Waals surface area contributed by atoms with Crippen LogP contribution < -0.4 is 11.1 Å². The third-order valence-corrected chi connectivity index (χ3v) is 2.46. The summed E-state index contributed by atoms with van der Waals surface area (Å²) in [6.45, 7) is 0.583. The molecular formula is C12H13N5. The minimum Gasteiger partial charge on any atom is -0.396 e. The van der Waals surface area contributed by atoms with E-state index < -0.39 is 0 Å². The van der Waals surface area contributed by atoms with E-state index in [1.165, 1.54) is 0 Å². The summed E-state index contributed by atoms with van der Waals surface area (Å²) < 4.78 is 1.74. The van der Waals surface area contributed by atoms with Crippen molar-refractivity contribution in [3.05, 3.63) is 41.7 Å². The lowest BCUT2D eigenvalue weighted by atomic mass is 10.1. The molecule has 0 aliphatic rings. The molecule has 0 unspecified atom stereocenters. The van der Waals surface area contributed by atoms with Gasteiger partial charge in [0, 0.05) is 13.2 Å². The van der Waals surface area contributed by atoms with Gasteiger partial charge in [-0.05, 0) is 18.2 Å². The van der Waals surface area contributed by atoms with Crippen LogP contribution in [-0.4, -0.2) is 9.78 Å². The molecule has 5 heteroatoms. The number of hydrogen-bond donors (Lipinski definition) is 2. The maximum atomic E-state index is 8.86. The predicted molar refractivity (Wildman–Crippen MR) is 66.1 cm³/mol. The van der Waals surface area contributed by atoms with E-state index in [1.54, 1.807) is 16.8 Å². The van der Waals surface area contributed by atoms with E-state index in [-0.39, 0.29) is 0 Å². The van der Waals surface area contributed by atoms with Gasteiger partial charge in [0.25, 0.3) is 0 Å². The molecule has 17 heavy (non-hydrogen) atoms. The molecule has 0 bridgehead atoms. The van der Waals surface area contributed by atoms with E-state index in [4.69, 9.17) is 11.0 Å². The zero-order valence-electron chi connectivity index (χ0n) is 9.51. The molecule has 1 heterocycles. The Morgan fingerprint density at radius 3 is 2.94 bits per heavy atom. The Labute approximate surface area is 99.5 Å². The lowest BCUT2D eigenvalue weighted by Crippen LogP contribution is -2.04. The first-order valence-electron chi connectivity index (χ1n) is 5.21. The van der Waals surface area contributed by atoms with E-state index in [0.29, 0.717) is 17.8 Å². The summed E-state index contributed by atoms with van der Waals surface area (Å²) in [6.07, 6.45) is 1.88. The van der Waals surface area contributed by atoms with Gasteiger partial charge < -0.3 is 11.1 Å². The van der Waals surface area contributed by atoms with Crippen molar-refractivity contribution in [1.82, 2.24) is 9.78 Å². The highest BCUT2D eigenvalue weighted by Crippen LogP contribution is 2.22. The fourth-order valence-corrected chi connectivity index (χ4v) is 1.56. The van der Waals surface area contributed by atoms with Gasteiger partial charge >= 0.3 is 0 Å². The molecule has 0 saturated heterocycles. The quantitative estimate of drug-likeness (QED) is 0.778. The van der Waals surface area contributed by atoms with Gasteiger partial charge in [-0.1, -0.05) is 6.07 Å². The van der Waals surface area contributed by atoms with Gasteiger partial charge in [0.05, 0.1) is 29.2 Å². The van der Waals surface area contributed by atoms with Crippen LogP contribution in [0.2, 0.25) is 0 Å². The molecule has 0 atom stereocenters. The third-order valence-electron chi connectivity index (χ3n) is 2.46. The molecule has 3 N–H and O–H groups in total. The standard InChI is InChI=1S/C12H13N5/c1-17-6-5-10(16-17)8-15-11-4-2-3-9(7-13)12(11)14/h2-6,15H,8,14H2,1H3. The molecule has 0 radical (unpaired) electrons. The van der Waals surface area contributed by atoms with E-state index in [2.05, 4.69) is 16.5 Å². The van der Waals surface area contributed by atoms with Crippen LogP contribution in [0.15, 0.2) is 30.5 Å². The number of hydrogen-bond acceptors (Lipinski definition) is 4. The van der Waals surface area contributed by atoms with Crippen LogP contribution in [0.25, 0.3) is 0 Å². The first-order chi connectivity index (χ1) is 8.20. The number of aryl methyl sites for hydroxylation is 1. The van der Waals surface area contributed by atoms with Gasteiger partial charge in [-0.25, -0.2) is 0 Å². The van der Waals surface area contributed by atoms with Gasteiger partial charge in [-0.15, -0.1) is 0 Å². The number of nitrogens with zero attached hydrogens (tertiary/aromatic N) is 3. The number of nitrogens with two attached hydrogens (primary N) is 1. The van der Waals surface area contributed by atoms with Crippen molar-refractivity contribution in [1.29, 1.82) is 5.26 Å². The molecule has 0 spiro atoms. The zero-order valence-corrected chi connectivity index (χ0v) is 9.51. The summed E-state index contributed by atoms with van der Waals surface area (Å²) in [6, 6.07) is 9.32. The van der Waals surface area contributed by atoms with Gasteiger partial charge in [0.1, 0.15) is 6.07 Å². The van der Waals surface area contributed by atoms with Crippen LogP contribution in [0.5, 0.6) is 0 Å². The van der Waals surface area contributed by atoms with Gasteiger partial charge in [0.2, 0.25) is 0 Å². The second-order valence-electron chi connectivity index (χ2n) is 3.71. The van der Waals surface area contributed by atoms with Crippen molar-refractivity contribution in [2.75, 3.05) is 11.1 Å². The highest BCUT2D eigenvalue weighted by atomic mass is 15.3. The van der Waals surface area contributed by atoms with Crippen molar-refractivity contribution in [3.63, 3.8) is 0 Å². The first-order valence-corrected chi connectivity index (χ1v) is 5.21. The summed E-state index contributed by atoms with van der Waals surface area (Å²) in [4.78, 5) is 0. The van der Waals surface area contributed by atoms with E-state index in [0.717, 1.165) is 11.4 Å². The molecule has 0 aliphatic carbocycles. The minimum atomic E-state index is 0.478. The number of para-hydroxylation sites is 1. The summed E-state index contributed by atoms with van der Waals surface area (Å²) >= 11 is 0. The molecule has 5 nitrogen and oxygen atoms in total. The second kappa shape index (κ2) is 4.58. The smallest absolute Gasteiger partial charge is 0.101 e. The molecule has 1 aromatic heterocycles. The Morgan fingerprint density at radius 1 is 1.47 bits per heavy atom. The number of aromatic nitrogens is 2. The van der Waals surface area contributed by atoms with Crippen LogP contribution >= 0.6 is 0 Å². The van der Waals surface area contributed by atoms with Crippen molar-refractivity contribution in [2.45, 2.75) is 6.54 Å². The third kappa shape index (κ3) is 2.37. The fraction of sp³-hybridized carbons (Fsp3) is 0.167. The van der Waals surface area contributed by atoms with Gasteiger partial charge in [0.15, 0.2) is 0 Å². The Kier molecular flexibility index (Phi) is 2.97. The van der Waals surface area contributed by atoms with Crippen LogP contribution in [0.1, 0.15) is 11.3 Å². The normalized spacial score (nSPS) is 9.88. The average molecular weight is 227 g/mol. The molecule has 0 fully saturated rings. The molecule has 0 aliphatic heterocycles. The van der Waals surface area contributed by atoms with Crippen molar-refractivity contribution >= 4 is 11.4 Å². The van der Waals surface area contributed by atoms with Crippen molar-refractivity contribution in [3.8, 4) is 6.07 Å². The number of nitrogens with one attached hydrogen (secondary N) is 1. The number of anilines is 2. The van der Waals surface area contributed by atoms with E-state index >= 15 is 0 Å². The minimum absolute atomic E-state index is 0.478. The SMILES string of the molecule is Cn1ccc(CNc2cccc(C#N)c2N)n1. The first kappa shape index (κ1) is 11.0. The monoisotopic (exact) mass is 227 g/mol. The summed E-state index contributed by atoms with van der Waals surface area (Å²) in [7, 11) is 1.87. The van der Waals surface area contributed by atoms with Gasteiger partial charge in [-0.2, -0.15) is 10.4 Å². The zero-order chi connectivity index (χ0) is 12.3. The molecule has 0 saturated carbocycles. The maximum Gasteiger partial charge on any atom is 0.101 e. The molecule has 86 valence electrons. The largest absolute Gasteiger partial charge is 0.396 e. The lowest BCUT2D eigenvalue weighted by Gasteiger charge is -2.08. The van der Waals surface area contributed by atoms with E-state index in [9.17, 15) is 0 Å². The molecule has 0 amide bonds. The predicted octanol–water partition coefficient (Wildman–Crippen LogP) is 1.49. The molecular weight excluding hydrogens is 214 g/mol. The van der Waals surface area contributed by atoms with Crippen molar-refractivity contribution < 1.29 is 0 Å². The topological polar surface area (TPSA) is 79.7 Å². The Bertz CT molecular complexity index is 565. The number of benzene rings is 1. The Morgan fingerprint density at radius 2 is 2.29 bits per heavy atom. The lowest BCUT2D eigenvalue weighted by molar-refractivity contribution is 0.747. The van der Waals surface area contributed by atoms with Crippen LogP contribution in [0.4, 0.5) is 11.4 Å². The summed E-state index contributed by atoms with van der Waals surface area (Å²) in [5.41, 5.74) is 8.50.